The quantitative estimate of drug-likeness (QED) is 0.541. The van der Waals surface area contributed by atoms with Gasteiger partial charge in [-0.1, -0.05) is 0 Å². The van der Waals surface area contributed by atoms with Gasteiger partial charge in [0.1, 0.15) is 6.54 Å². The van der Waals surface area contributed by atoms with Gasteiger partial charge in [0.15, 0.2) is 5.04 Å². The molecular formula is C9H12N2O3S2. The van der Waals surface area contributed by atoms with Crippen LogP contribution in [0.1, 0.15) is 13.3 Å². The van der Waals surface area contributed by atoms with Crippen molar-refractivity contribution in [3.8, 4) is 0 Å². The predicted octanol–water partition coefficient (Wildman–Crippen LogP) is 0.394. The number of allylic oxidation sites excluding steroid dienone is 1. The molecule has 2 rings (SSSR count). The Morgan fingerprint density at radius 3 is 3.06 bits per heavy atom. The van der Waals surface area contributed by atoms with Gasteiger partial charge in [-0.3, -0.25) is 0 Å². The highest BCUT2D eigenvalue weighted by Crippen LogP contribution is 2.26. The van der Waals surface area contributed by atoms with E-state index in [4.69, 9.17) is 0 Å². The molecular weight excluding hydrogens is 248 g/mol. The maximum atomic E-state index is 10.5. The van der Waals surface area contributed by atoms with Gasteiger partial charge < -0.3 is 4.55 Å². The summed E-state index contributed by atoms with van der Waals surface area (Å²) >= 11 is 1.65. The third-order valence-corrected chi connectivity index (χ3v) is 4.39. The van der Waals surface area contributed by atoms with E-state index in [2.05, 4.69) is 9.57 Å². The van der Waals surface area contributed by atoms with E-state index in [1.165, 1.54) is 0 Å². The second-order valence-electron chi connectivity index (χ2n) is 3.66. The van der Waals surface area contributed by atoms with Crippen LogP contribution in [0.2, 0.25) is 0 Å². The average molecular weight is 260 g/mol. The summed E-state index contributed by atoms with van der Waals surface area (Å²) in [5.74, 6) is -0.301. The van der Waals surface area contributed by atoms with Crippen LogP contribution < -0.4 is 0 Å². The zero-order valence-electron chi connectivity index (χ0n) is 8.79. The predicted molar refractivity (Wildman–Crippen MR) is 62.9 cm³/mol. The summed E-state index contributed by atoms with van der Waals surface area (Å²) in [4.78, 5) is 4.20. The number of hydrogen-bond donors (Lipinski definition) is 0. The molecule has 7 heteroatoms. The minimum Gasteiger partial charge on any atom is -0.748 e. The lowest BCUT2D eigenvalue weighted by Gasteiger charge is -2.07. The van der Waals surface area contributed by atoms with Gasteiger partial charge in [0.25, 0.3) is 0 Å². The van der Waals surface area contributed by atoms with Crippen LogP contribution in [0.15, 0.2) is 17.3 Å². The molecule has 2 aliphatic heterocycles. The lowest BCUT2D eigenvalue weighted by Crippen LogP contribution is -2.24. The lowest BCUT2D eigenvalue weighted by molar-refractivity contribution is -0.533. The molecule has 0 radical (unpaired) electrons. The number of thioether (sulfide) groups is 1. The highest BCUT2D eigenvalue weighted by molar-refractivity contribution is 8.16. The summed E-state index contributed by atoms with van der Waals surface area (Å²) in [5.41, 5.74) is 1.04. The Kier molecular flexibility index (Phi) is 3.18. The Balaban J connectivity index is 2.02. The molecule has 88 valence electrons. The summed E-state index contributed by atoms with van der Waals surface area (Å²) < 4.78 is 33.6. The zero-order chi connectivity index (χ0) is 11.8. The highest BCUT2D eigenvalue weighted by Gasteiger charge is 2.35. The standard InChI is InChI=1S/C9H12N2O3S2/c1-7-11(5-2-6-16(12,13)14)8-3-4-10-9(8)15-7/h3-4,7H,2,5-6H2,1H3. The highest BCUT2D eigenvalue weighted by atomic mass is 32.2. The molecule has 0 saturated carbocycles. The maximum Gasteiger partial charge on any atom is 0.235 e. The van der Waals surface area contributed by atoms with Crippen LogP contribution in [0.25, 0.3) is 0 Å². The molecule has 1 unspecified atom stereocenters. The average Bonchev–Trinajstić information content (AvgIpc) is 2.67. The Bertz CT molecular complexity index is 491. The van der Waals surface area contributed by atoms with Crippen molar-refractivity contribution in [1.82, 2.24) is 0 Å². The van der Waals surface area contributed by atoms with E-state index in [-0.39, 0.29) is 11.1 Å². The molecule has 1 atom stereocenters. The van der Waals surface area contributed by atoms with E-state index in [1.54, 1.807) is 18.0 Å². The van der Waals surface area contributed by atoms with Crippen LogP contribution in [-0.2, 0) is 10.1 Å². The van der Waals surface area contributed by atoms with E-state index < -0.39 is 10.1 Å². The van der Waals surface area contributed by atoms with Crippen LogP contribution in [0.5, 0.6) is 0 Å². The van der Waals surface area contributed by atoms with Crippen LogP contribution in [-0.4, -0.2) is 46.0 Å². The summed E-state index contributed by atoms with van der Waals surface area (Å²) in [6, 6.07) is 0. The second kappa shape index (κ2) is 4.31. The van der Waals surface area contributed by atoms with Crippen LogP contribution in [0.4, 0.5) is 0 Å². The molecule has 0 N–H and O–H groups in total. The van der Waals surface area contributed by atoms with E-state index in [9.17, 15) is 13.0 Å². The van der Waals surface area contributed by atoms with Crippen molar-refractivity contribution in [2.24, 2.45) is 4.99 Å². The summed E-state index contributed by atoms with van der Waals surface area (Å²) in [6.45, 7) is 2.62. The smallest absolute Gasteiger partial charge is 0.235 e. The molecule has 0 fully saturated rings. The van der Waals surface area contributed by atoms with Gasteiger partial charge in [-0.15, -0.1) is 0 Å². The molecule has 0 bridgehead atoms. The summed E-state index contributed by atoms with van der Waals surface area (Å²) in [5, 5.41) is 1.24. The Hall–Kier alpha value is -0.660. The fourth-order valence-corrected chi connectivity index (χ4v) is 3.34. The largest absolute Gasteiger partial charge is 0.748 e. The second-order valence-corrected chi connectivity index (χ2v) is 6.49. The van der Waals surface area contributed by atoms with Crippen LogP contribution >= 0.6 is 11.8 Å². The van der Waals surface area contributed by atoms with Crippen LogP contribution in [0.3, 0.4) is 0 Å². The van der Waals surface area contributed by atoms with Crippen molar-refractivity contribution >= 4 is 32.6 Å². The van der Waals surface area contributed by atoms with E-state index >= 15 is 0 Å². The summed E-state index contributed by atoms with van der Waals surface area (Å²) in [7, 11) is -4.10. The SMILES string of the molecule is CC1SC2=NC=CC2=[N+]1CCCS(=O)(=O)[O-]. The molecule has 0 spiro atoms. The van der Waals surface area contributed by atoms with Crippen molar-refractivity contribution in [2.75, 3.05) is 12.3 Å². The lowest BCUT2D eigenvalue weighted by atomic mass is 10.3. The monoisotopic (exact) mass is 260 g/mol. The van der Waals surface area contributed by atoms with Crippen molar-refractivity contribution in [3.05, 3.63) is 12.3 Å². The molecule has 0 aromatic carbocycles. The molecule has 2 aliphatic rings. The molecule has 0 amide bonds. The molecule has 2 heterocycles. The van der Waals surface area contributed by atoms with Crippen molar-refractivity contribution < 1.29 is 17.5 Å². The third kappa shape index (κ3) is 2.53. The van der Waals surface area contributed by atoms with Crippen molar-refractivity contribution in [1.29, 1.82) is 0 Å². The first-order chi connectivity index (χ1) is 7.47. The molecule has 0 aromatic rings. The third-order valence-electron chi connectivity index (χ3n) is 2.47. The van der Waals surface area contributed by atoms with E-state index in [1.807, 2.05) is 13.0 Å². The van der Waals surface area contributed by atoms with Gasteiger partial charge in [0, 0.05) is 31.4 Å². The van der Waals surface area contributed by atoms with Gasteiger partial charge in [0.05, 0.1) is 10.1 Å². The van der Waals surface area contributed by atoms with Crippen molar-refractivity contribution in [3.63, 3.8) is 0 Å². The first kappa shape index (κ1) is 11.8. The Morgan fingerprint density at radius 1 is 1.62 bits per heavy atom. The molecule has 0 aromatic heterocycles. The number of nitrogens with zero attached hydrogens (tertiary/aromatic N) is 2. The fourth-order valence-electron chi connectivity index (χ4n) is 1.76. The number of hydrogen-bond acceptors (Lipinski definition) is 5. The van der Waals surface area contributed by atoms with Gasteiger partial charge >= 0.3 is 0 Å². The maximum absolute atomic E-state index is 10.5. The molecule has 16 heavy (non-hydrogen) atoms. The molecule has 0 saturated heterocycles. The topological polar surface area (TPSA) is 72.6 Å². The first-order valence-corrected chi connectivity index (χ1v) is 7.41. The number of fused-ring (bicyclic) bond motifs is 1. The van der Waals surface area contributed by atoms with E-state index in [0.29, 0.717) is 13.0 Å². The van der Waals surface area contributed by atoms with Gasteiger partial charge in [-0.05, 0) is 11.8 Å². The minimum atomic E-state index is -4.10. The molecule has 0 aliphatic carbocycles. The molecule has 5 nitrogen and oxygen atoms in total. The summed E-state index contributed by atoms with van der Waals surface area (Å²) in [6.07, 6.45) is 4.01. The normalized spacial score (nSPS) is 23.9. The Labute approximate surface area is 98.7 Å². The van der Waals surface area contributed by atoms with Crippen LogP contribution in [0, 0.1) is 0 Å². The fraction of sp³-hybridized carbons (Fsp3) is 0.556. The number of aliphatic imine (C=N–C) groups is 1. The Morgan fingerprint density at radius 2 is 2.38 bits per heavy atom. The van der Waals surface area contributed by atoms with Gasteiger partial charge in [-0.2, -0.15) is 0 Å². The van der Waals surface area contributed by atoms with Crippen molar-refractivity contribution in [2.45, 2.75) is 18.7 Å². The first-order valence-electron chi connectivity index (χ1n) is 4.96. The van der Waals surface area contributed by atoms with Gasteiger partial charge in [0.2, 0.25) is 11.1 Å². The minimum absolute atomic E-state index is 0.257. The van der Waals surface area contributed by atoms with E-state index in [0.717, 1.165) is 10.8 Å². The number of rotatable bonds is 4. The van der Waals surface area contributed by atoms with Gasteiger partial charge in [-0.25, -0.2) is 18.0 Å². The zero-order valence-corrected chi connectivity index (χ0v) is 10.4.